The molecule has 0 aliphatic carbocycles. The number of hydrogen-bond donors (Lipinski definition) is 2. The number of hydrogen-bond acceptors (Lipinski definition) is 5. The summed E-state index contributed by atoms with van der Waals surface area (Å²) in [6, 6.07) is 15.9. The number of nitrogens with one attached hydrogen (secondary N) is 2. The van der Waals surface area contributed by atoms with E-state index in [1.54, 1.807) is 7.11 Å². The molecule has 2 aromatic carbocycles. The van der Waals surface area contributed by atoms with Gasteiger partial charge in [-0.1, -0.05) is 12.1 Å². The van der Waals surface area contributed by atoms with E-state index in [1.165, 1.54) is 5.69 Å². The van der Waals surface area contributed by atoms with E-state index in [-0.39, 0.29) is 12.5 Å². The molecular formula is C21H28N4O2. The minimum Gasteiger partial charge on any atom is -0.497 e. The van der Waals surface area contributed by atoms with E-state index in [0.29, 0.717) is 6.54 Å². The maximum Gasteiger partial charge on any atom is 0.238 e. The molecule has 0 spiro atoms. The summed E-state index contributed by atoms with van der Waals surface area (Å²) < 4.78 is 5.14. The topological polar surface area (TPSA) is 56.8 Å². The van der Waals surface area contributed by atoms with Crippen molar-refractivity contribution in [2.24, 2.45) is 0 Å². The summed E-state index contributed by atoms with van der Waals surface area (Å²) in [5.41, 5.74) is 3.14. The van der Waals surface area contributed by atoms with Crippen LogP contribution in [0, 0.1) is 0 Å². The lowest BCUT2D eigenvalue weighted by Crippen LogP contribution is -2.44. The fraction of sp³-hybridized carbons (Fsp3) is 0.381. The quantitative estimate of drug-likeness (QED) is 0.785. The number of amides is 1. The molecule has 144 valence electrons. The van der Waals surface area contributed by atoms with Crippen molar-refractivity contribution >= 4 is 17.3 Å². The monoisotopic (exact) mass is 368 g/mol. The zero-order valence-electron chi connectivity index (χ0n) is 16.1. The first-order valence-electron chi connectivity index (χ1n) is 9.31. The van der Waals surface area contributed by atoms with E-state index in [1.807, 2.05) is 36.4 Å². The molecule has 1 fully saturated rings. The average molecular weight is 368 g/mol. The number of benzene rings is 2. The van der Waals surface area contributed by atoms with E-state index in [2.05, 4.69) is 39.6 Å². The molecule has 0 atom stereocenters. The summed E-state index contributed by atoms with van der Waals surface area (Å²) >= 11 is 0. The van der Waals surface area contributed by atoms with Gasteiger partial charge in [0.25, 0.3) is 0 Å². The van der Waals surface area contributed by atoms with Crippen molar-refractivity contribution in [3.05, 3.63) is 54.1 Å². The molecule has 0 unspecified atom stereocenters. The van der Waals surface area contributed by atoms with Gasteiger partial charge < -0.3 is 25.2 Å². The normalized spacial score (nSPS) is 14.8. The average Bonchev–Trinajstić information content (AvgIpc) is 2.70. The molecule has 1 aliphatic heterocycles. The number of piperazine rings is 1. The van der Waals surface area contributed by atoms with Crippen LogP contribution in [0.5, 0.6) is 5.75 Å². The summed E-state index contributed by atoms with van der Waals surface area (Å²) in [6.45, 7) is 5.15. The van der Waals surface area contributed by atoms with Crippen LogP contribution in [0.2, 0.25) is 0 Å². The van der Waals surface area contributed by atoms with Crippen LogP contribution in [0.4, 0.5) is 11.4 Å². The minimum absolute atomic E-state index is 0.0455. The third kappa shape index (κ3) is 5.70. The van der Waals surface area contributed by atoms with Crippen LogP contribution >= 0.6 is 0 Å². The lowest BCUT2D eigenvalue weighted by atomic mass is 10.2. The first-order chi connectivity index (χ1) is 13.1. The van der Waals surface area contributed by atoms with Gasteiger partial charge in [0.1, 0.15) is 5.75 Å². The molecule has 0 saturated carbocycles. The predicted octanol–water partition coefficient (Wildman–Crippen LogP) is 2.18. The molecule has 1 aliphatic rings. The molecular weight excluding hydrogens is 340 g/mol. The fourth-order valence-corrected chi connectivity index (χ4v) is 3.09. The number of ether oxygens (including phenoxy) is 1. The summed E-state index contributed by atoms with van der Waals surface area (Å²) in [5.74, 6) is 0.785. The van der Waals surface area contributed by atoms with Crippen molar-refractivity contribution in [3.8, 4) is 5.75 Å². The molecule has 2 aromatic rings. The van der Waals surface area contributed by atoms with Gasteiger partial charge in [0.05, 0.1) is 13.7 Å². The molecule has 6 heteroatoms. The predicted molar refractivity (Wildman–Crippen MR) is 109 cm³/mol. The van der Waals surface area contributed by atoms with Crippen LogP contribution in [0.3, 0.4) is 0 Å². The number of nitrogens with zero attached hydrogens (tertiary/aromatic N) is 2. The molecule has 1 heterocycles. The second-order valence-corrected chi connectivity index (χ2v) is 6.84. The van der Waals surface area contributed by atoms with Gasteiger partial charge in [-0.3, -0.25) is 4.79 Å². The lowest BCUT2D eigenvalue weighted by molar-refractivity contribution is -0.115. The Morgan fingerprint density at radius 3 is 2.30 bits per heavy atom. The van der Waals surface area contributed by atoms with Gasteiger partial charge in [0.15, 0.2) is 0 Å². The van der Waals surface area contributed by atoms with Gasteiger partial charge in [-0.05, 0) is 49.0 Å². The number of rotatable bonds is 7. The molecule has 1 amide bonds. The Morgan fingerprint density at radius 1 is 1.00 bits per heavy atom. The van der Waals surface area contributed by atoms with Crippen LogP contribution in [-0.4, -0.2) is 57.7 Å². The van der Waals surface area contributed by atoms with E-state index in [0.717, 1.165) is 43.2 Å². The van der Waals surface area contributed by atoms with Gasteiger partial charge in [-0.25, -0.2) is 0 Å². The summed E-state index contributed by atoms with van der Waals surface area (Å²) in [5, 5.41) is 6.10. The van der Waals surface area contributed by atoms with Gasteiger partial charge in [0, 0.05) is 44.1 Å². The second kappa shape index (κ2) is 9.39. The number of likely N-dealkylation sites (N-methyl/N-ethyl adjacent to an activating group) is 1. The van der Waals surface area contributed by atoms with Crippen molar-refractivity contribution < 1.29 is 9.53 Å². The van der Waals surface area contributed by atoms with Crippen molar-refractivity contribution in [2.45, 2.75) is 6.54 Å². The summed E-state index contributed by atoms with van der Waals surface area (Å²) in [7, 11) is 3.80. The zero-order chi connectivity index (χ0) is 19.1. The van der Waals surface area contributed by atoms with Gasteiger partial charge in [-0.15, -0.1) is 0 Å². The van der Waals surface area contributed by atoms with E-state index in [4.69, 9.17) is 4.74 Å². The number of carbonyl (C=O) groups excluding carboxylic acids is 1. The minimum atomic E-state index is -0.0455. The second-order valence-electron chi connectivity index (χ2n) is 6.84. The Balaban J connectivity index is 1.42. The van der Waals surface area contributed by atoms with Crippen molar-refractivity contribution in [2.75, 3.05) is 57.1 Å². The van der Waals surface area contributed by atoms with Gasteiger partial charge in [-0.2, -0.15) is 0 Å². The van der Waals surface area contributed by atoms with Gasteiger partial charge in [0.2, 0.25) is 5.91 Å². The van der Waals surface area contributed by atoms with E-state index < -0.39 is 0 Å². The Morgan fingerprint density at radius 2 is 1.67 bits per heavy atom. The fourth-order valence-electron chi connectivity index (χ4n) is 3.09. The highest BCUT2D eigenvalue weighted by molar-refractivity contribution is 5.92. The Kier molecular flexibility index (Phi) is 6.68. The summed E-state index contributed by atoms with van der Waals surface area (Å²) in [4.78, 5) is 16.8. The van der Waals surface area contributed by atoms with Crippen LogP contribution in [-0.2, 0) is 11.3 Å². The Bertz CT molecular complexity index is 723. The largest absolute Gasteiger partial charge is 0.497 e. The first kappa shape index (κ1) is 19.2. The molecule has 0 bridgehead atoms. The molecule has 0 aromatic heterocycles. The van der Waals surface area contributed by atoms with Crippen LogP contribution in [0.1, 0.15) is 5.56 Å². The number of carbonyl (C=O) groups is 1. The van der Waals surface area contributed by atoms with Crippen LogP contribution in [0.25, 0.3) is 0 Å². The lowest BCUT2D eigenvalue weighted by Gasteiger charge is -2.34. The highest BCUT2D eigenvalue weighted by Crippen LogP contribution is 2.19. The van der Waals surface area contributed by atoms with Crippen LogP contribution < -0.4 is 20.3 Å². The highest BCUT2D eigenvalue weighted by atomic mass is 16.5. The molecule has 6 nitrogen and oxygen atoms in total. The standard InChI is InChI=1S/C21H28N4O2/c1-24-11-13-25(14-12-24)19-7-5-18(6-8-19)23-21(26)16-22-15-17-3-9-20(27-2)10-4-17/h3-10,22H,11-16H2,1-2H3,(H,23,26). The van der Waals surface area contributed by atoms with Crippen LogP contribution in [0.15, 0.2) is 48.5 Å². The SMILES string of the molecule is COc1ccc(CNCC(=O)Nc2ccc(N3CCN(C)CC3)cc2)cc1. The smallest absolute Gasteiger partial charge is 0.238 e. The first-order valence-corrected chi connectivity index (χ1v) is 9.31. The molecule has 3 rings (SSSR count). The molecule has 1 saturated heterocycles. The maximum absolute atomic E-state index is 12.1. The Hall–Kier alpha value is -2.57. The molecule has 0 radical (unpaired) electrons. The third-order valence-corrected chi connectivity index (χ3v) is 4.79. The molecule has 27 heavy (non-hydrogen) atoms. The maximum atomic E-state index is 12.1. The van der Waals surface area contributed by atoms with E-state index >= 15 is 0 Å². The summed E-state index contributed by atoms with van der Waals surface area (Å²) in [6.07, 6.45) is 0. The molecule has 2 N–H and O–H groups in total. The van der Waals surface area contributed by atoms with Crippen molar-refractivity contribution in [1.29, 1.82) is 0 Å². The van der Waals surface area contributed by atoms with E-state index in [9.17, 15) is 4.79 Å². The van der Waals surface area contributed by atoms with Crippen molar-refractivity contribution in [3.63, 3.8) is 0 Å². The highest BCUT2D eigenvalue weighted by Gasteiger charge is 2.14. The number of methoxy groups -OCH3 is 1. The third-order valence-electron chi connectivity index (χ3n) is 4.79. The van der Waals surface area contributed by atoms with Crippen molar-refractivity contribution in [1.82, 2.24) is 10.2 Å². The Labute approximate surface area is 161 Å². The van der Waals surface area contributed by atoms with Gasteiger partial charge >= 0.3 is 0 Å². The number of anilines is 2. The zero-order valence-corrected chi connectivity index (χ0v) is 16.1.